The standard InChI is InChI=1S/C31H33NO7/c1-5-38-24-15-16-25(26(19-24)39-6-2)29(33)27-28(21-9-13-23(37-4)14-10-21)32(31(35)30(27)34)18-17-20-7-11-22(36-3)12-8-20/h7-16,19,28,33H,5-6,17-18H2,1-4H3/b29-27-. The Bertz CT molecular complexity index is 1350. The van der Waals surface area contributed by atoms with Crippen LogP contribution in [0.5, 0.6) is 23.0 Å². The van der Waals surface area contributed by atoms with Crippen molar-refractivity contribution < 1.29 is 33.6 Å². The maximum atomic E-state index is 13.5. The largest absolute Gasteiger partial charge is 0.507 e. The lowest BCUT2D eigenvalue weighted by atomic mass is 9.94. The number of amides is 1. The van der Waals surface area contributed by atoms with Gasteiger partial charge in [-0.1, -0.05) is 24.3 Å². The predicted octanol–water partition coefficient (Wildman–Crippen LogP) is 5.17. The molecule has 0 bridgehead atoms. The lowest BCUT2D eigenvalue weighted by molar-refractivity contribution is -0.139. The number of hydrogen-bond acceptors (Lipinski definition) is 7. The molecule has 39 heavy (non-hydrogen) atoms. The van der Waals surface area contributed by atoms with E-state index in [1.807, 2.05) is 38.1 Å². The summed E-state index contributed by atoms with van der Waals surface area (Å²) in [6.45, 7) is 4.77. The zero-order chi connectivity index (χ0) is 27.9. The number of aliphatic hydroxyl groups is 1. The summed E-state index contributed by atoms with van der Waals surface area (Å²) in [5.74, 6) is 0.585. The fourth-order valence-electron chi connectivity index (χ4n) is 4.66. The quantitative estimate of drug-likeness (QED) is 0.207. The number of hydrogen-bond donors (Lipinski definition) is 1. The average molecular weight is 532 g/mol. The summed E-state index contributed by atoms with van der Waals surface area (Å²) in [6, 6.07) is 18.9. The van der Waals surface area contributed by atoms with Gasteiger partial charge < -0.3 is 29.0 Å². The molecule has 1 saturated heterocycles. The maximum Gasteiger partial charge on any atom is 0.295 e. The van der Waals surface area contributed by atoms with Gasteiger partial charge in [-0.2, -0.15) is 0 Å². The Balaban J connectivity index is 1.78. The summed E-state index contributed by atoms with van der Waals surface area (Å²) in [7, 11) is 3.17. The molecular weight excluding hydrogens is 498 g/mol. The van der Waals surface area contributed by atoms with Crippen LogP contribution in [0.15, 0.2) is 72.3 Å². The SMILES string of the molecule is CCOc1ccc(/C(O)=C2/C(=O)C(=O)N(CCc3ccc(OC)cc3)C2c2ccc(OC)cc2)c(OCC)c1. The predicted molar refractivity (Wildman–Crippen MR) is 147 cm³/mol. The minimum absolute atomic E-state index is 0.00464. The number of methoxy groups -OCH3 is 2. The van der Waals surface area contributed by atoms with Gasteiger partial charge in [-0.15, -0.1) is 0 Å². The Morgan fingerprint density at radius 3 is 2.00 bits per heavy atom. The van der Waals surface area contributed by atoms with Crippen LogP contribution in [0.1, 0.15) is 36.6 Å². The fraction of sp³-hybridized carbons (Fsp3) is 0.290. The highest BCUT2D eigenvalue weighted by Gasteiger charge is 2.46. The van der Waals surface area contributed by atoms with E-state index in [-0.39, 0.29) is 17.9 Å². The van der Waals surface area contributed by atoms with Crippen molar-refractivity contribution in [3.8, 4) is 23.0 Å². The van der Waals surface area contributed by atoms with Crippen LogP contribution in [0.2, 0.25) is 0 Å². The summed E-state index contributed by atoms with van der Waals surface area (Å²) in [6.07, 6.45) is 0.511. The number of nitrogens with zero attached hydrogens (tertiary/aromatic N) is 1. The third kappa shape index (κ3) is 5.85. The Morgan fingerprint density at radius 2 is 1.41 bits per heavy atom. The highest BCUT2D eigenvalue weighted by atomic mass is 16.5. The van der Waals surface area contributed by atoms with Crippen LogP contribution in [0, 0.1) is 0 Å². The van der Waals surface area contributed by atoms with Crippen molar-refractivity contribution in [3.63, 3.8) is 0 Å². The number of likely N-dealkylation sites (tertiary alicyclic amines) is 1. The normalized spacial score (nSPS) is 16.3. The van der Waals surface area contributed by atoms with Gasteiger partial charge in [0.25, 0.3) is 11.7 Å². The Kier molecular flexibility index (Phi) is 8.76. The topological polar surface area (TPSA) is 94.5 Å². The van der Waals surface area contributed by atoms with E-state index in [4.69, 9.17) is 18.9 Å². The molecule has 0 spiro atoms. The van der Waals surface area contributed by atoms with Gasteiger partial charge in [0.2, 0.25) is 0 Å². The molecule has 204 valence electrons. The molecule has 1 N–H and O–H groups in total. The van der Waals surface area contributed by atoms with Crippen molar-refractivity contribution >= 4 is 17.4 Å². The van der Waals surface area contributed by atoms with E-state index >= 15 is 0 Å². The van der Waals surface area contributed by atoms with Crippen molar-refractivity contribution in [1.29, 1.82) is 0 Å². The van der Waals surface area contributed by atoms with Gasteiger partial charge in [-0.25, -0.2) is 0 Å². The zero-order valence-corrected chi connectivity index (χ0v) is 22.6. The van der Waals surface area contributed by atoms with Gasteiger partial charge in [0, 0.05) is 12.6 Å². The fourth-order valence-corrected chi connectivity index (χ4v) is 4.66. The number of ether oxygens (including phenoxy) is 4. The van der Waals surface area contributed by atoms with Crippen LogP contribution >= 0.6 is 0 Å². The second kappa shape index (κ2) is 12.4. The third-order valence-corrected chi connectivity index (χ3v) is 6.59. The van der Waals surface area contributed by atoms with Crippen LogP contribution in [0.4, 0.5) is 0 Å². The summed E-state index contributed by atoms with van der Waals surface area (Å²) < 4.78 is 21.9. The lowest BCUT2D eigenvalue weighted by Crippen LogP contribution is -2.31. The van der Waals surface area contributed by atoms with E-state index < -0.39 is 17.7 Å². The van der Waals surface area contributed by atoms with Gasteiger partial charge in [-0.05, 0) is 67.8 Å². The average Bonchev–Trinajstić information content (AvgIpc) is 3.21. The molecule has 8 nitrogen and oxygen atoms in total. The van der Waals surface area contributed by atoms with E-state index in [0.717, 1.165) is 11.3 Å². The number of ketones is 1. The highest BCUT2D eigenvalue weighted by Crippen LogP contribution is 2.42. The molecule has 8 heteroatoms. The smallest absolute Gasteiger partial charge is 0.295 e. The Hall–Kier alpha value is -4.46. The molecule has 0 saturated carbocycles. The zero-order valence-electron chi connectivity index (χ0n) is 22.6. The molecule has 1 fully saturated rings. The summed E-state index contributed by atoms with van der Waals surface area (Å²) in [5, 5.41) is 11.6. The van der Waals surface area contributed by atoms with E-state index in [9.17, 15) is 14.7 Å². The van der Waals surface area contributed by atoms with Gasteiger partial charge in [0.05, 0.1) is 44.6 Å². The number of benzene rings is 3. The molecule has 0 radical (unpaired) electrons. The molecule has 1 aliphatic rings. The van der Waals surface area contributed by atoms with Crippen LogP contribution in [0.25, 0.3) is 5.76 Å². The number of carbonyl (C=O) groups excluding carboxylic acids is 2. The number of carbonyl (C=O) groups is 2. The molecule has 3 aromatic carbocycles. The van der Waals surface area contributed by atoms with Crippen LogP contribution in [0.3, 0.4) is 0 Å². The van der Waals surface area contributed by atoms with Gasteiger partial charge in [0.1, 0.15) is 28.8 Å². The molecule has 1 amide bonds. The second-order valence-corrected chi connectivity index (χ2v) is 8.89. The Morgan fingerprint density at radius 1 is 0.821 bits per heavy atom. The molecule has 0 aliphatic carbocycles. The van der Waals surface area contributed by atoms with Gasteiger partial charge in [-0.3, -0.25) is 9.59 Å². The van der Waals surface area contributed by atoms with Crippen molar-refractivity contribution in [1.82, 2.24) is 4.90 Å². The number of aliphatic hydroxyl groups excluding tert-OH is 1. The molecule has 1 aliphatic heterocycles. The molecule has 0 aromatic heterocycles. The third-order valence-electron chi connectivity index (χ3n) is 6.59. The van der Waals surface area contributed by atoms with Crippen molar-refractivity contribution in [2.24, 2.45) is 0 Å². The van der Waals surface area contributed by atoms with Crippen molar-refractivity contribution in [2.75, 3.05) is 34.0 Å². The van der Waals surface area contributed by atoms with Gasteiger partial charge >= 0.3 is 0 Å². The first kappa shape index (κ1) is 27.6. The summed E-state index contributed by atoms with van der Waals surface area (Å²) in [4.78, 5) is 28.3. The van der Waals surface area contributed by atoms with Crippen LogP contribution in [-0.4, -0.2) is 55.7 Å². The number of rotatable bonds is 11. The summed E-state index contributed by atoms with van der Waals surface area (Å²) >= 11 is 0. The molecule has 3 aromatic rings. The highest BCUT2D eigenvalue weighted by molar-refractivity contribution is 6.46. The van der Waals surface area contributed by atoms with Crippen molar-refractivity contribution in [3.05, 3.63) is 89.0 Å². The molecular formula is C31H33NO7. The Labute approximate surface area is 228 Å². The minimum atomic E-state index is -0.796. The molecule has 1 atom stereocenters. The van der Waals surface area contributed by atoms with E-state index in [1.165, 1.54) is 4.90 Å². The van der Waals surface area contributed by atoms with Crippen LogP contribution in [-0.2, 0) is 16.0 Å². The first-order valence-corrected chi connectivity index (χ1v) is 12.9. The number of Topliss-reactive ketones (excluding diaryl/α,β-unsaturated/α-hetero) is 1. The first-order valence-electron chi connectivity index (χ1n) is 12.9. The second-order valence-electron chi connectivity index (χ2n) is 8.89. The van der Waals surface area contributed by atoms with E-state index in [1.54, 1.807) is 56.7 Å². The van der Waals surface area contributed by atoms with E-state index in [0.29, 0.717) is 48.0 Å². The van der Waals surface area contributed by atoms with Gasteiger partial charge in [0.15, 0.2) is 0 Å². The minimum Gasteiger partial charge on any atom is -0.507 e. The molecule has 1 heterocycles. The molecule has 4 rings (SSSR count). The van der Waals surface area contributed by atoms with Crippen molar-refractivity contribution in [2.45, 2.75) is 26.3 Å². The monoisotopic (exact) mass is 531 g/mol. The lowest BCUT2D eigenvalue weighted by Gasteiger charge is -2.26. The first-order chi connectivity index (χ1) is 18.9. The maximum absolute atomic E-state index is 13.5. The van der Waals surface area contributed by atoms with E-state index in [2.05, 4.69) is 0 Å². The summed E-state index contributed by atoms with van der Waals surface area (Å²) in [5.41, 5.74) is 1.98. The molecule has 1 unspecified atom stereocenters. The van der Waals surface area contributed by atoms with Crippen LogP contribution < -0.4 is 18.9 Å².